The van der Waals surface area contributed by atoms with E-state index in [0.717, 1.165) is 35.7 Å². The van der Waals surface area contributed by atoms with Gasteiger partial charge in [-0.05, 0) is 67.0 Å². The van der Waals surface area contributed by atoms with E-state index in [9.17, 15) is 9.90 Å². The van der Waals surface area contributed by atoms with E-state index < -0.39 is 0 Å². The number of aryl methyl sites for hydroxylation is 1. The summed E-state index contributed by atoms with van der Waals surface area (Å²) in [5.74, 6) is 1.67. The van der Waals surface area contributed by atoms with Crippen molar-refractivity contribution in [3.8, 4) is 28.1 Å². The summed E-state index contributed by atoms with van der Waals surface area (Å²) in [5.41, 5.74) is 4.48. The topological polar surface area (TPSA) is 72.8 Å². The van der Waals surface area contributed by atoms with Crippen LogP contribution in [0.4, 0.5) is 11.5 Å². The summed E-state index contributed by atoms with van der Waals surface area (Å²) >= 11 is 6.59. The Hall–Kier alpha value is -3.58. The molecule has 8 heteroatoms. The number of aromatic hydroxyl groups is 1. The molecule has 192 valence electrons. The molecule has 2 aromatic heterocycles. The van der Waals surface area contributed by atoms with E-state index in [1.165, 1.54) is 17.7 Å². The first-order chi connectivity index (χ1) is 17.7. The van der Waals surface area contributed by atoms with Gasteiger partial charge in [0.2, 0.25) is 6.41 Å². The maximum Gasteiger partial charge on any atom is 0.218 e. The number of benzene rings is 1. The van der Waals surface area contributed by atoms with E-state index in [2.05, 4.69) is 21.8 Å². The number of rotatable bonds is 7. The molecular formula is C29H32ClN5O2. The molecule has 1 atom stereocenters. The van der Waals surface area contributed by atoms with Crippen LogP contribution >= 0.6 is 11.6 Å². The number of carbonyl (C=O) groups excluding carboxylic acids is 1. The van der Waals surface area contributed by atoms with Crippen molar-refractivity contribution in [1.29, 1.82) is 0 Å². The van der Waals surface area contributed by atoms with Gasteiger partial charge in [-0.15, -0.1) is 0 Å². The van der Waals surface area contributed by atoms with Gasteiger partial charge in [0, 0.05) is 62.6 Å². The van der Waals surface area contributed by atoms with E-state index in [1.54, 1.807) is 30.7 Å². The van der Waals surface area contributed by atoms with Crippen molar-refractivity contribution in [1.82, 2.24) is 14.9 Å². The Balaban J connectivity index is 1.48. The first-order valence-corrected chi connectivity index (χ1v) is 12.9. The average Bonchev–Trinajstić information content (AvgIpc) is 3.59. The molecule has 2 fully saturated rings. The SMILES string of the molecule is Cc1cc(-c2ccc(N(C=O)/C=C\N(C)C)c(Cl)c2)c(O)c(-c2ccnc(N3CC(C)C4(CC4)C3)c2)n1. The summed E-state index contributed by atoms with van der Waals surface area (Å²) in [5, 5.41) is 11.7. The van der Waals surface area contributed by atoms with Crippen molar-refractivity contribution in [2.75, 3.05) is 37.0 Å². The third-order valence-electron chi connectivity index (χ3n) is 7.58. The smallest absolute Gasteiger partial charge is 0.218 e. The monoisotopic (exact) mass is 517 g/mol. The van der Waals surface area contributed by atoms with Gasteiger partial charge in [0.1, 0.15) is 17.3 Å². The van der Waals surface area contributed by atoms with Crippen LogP contribution in [0.3, 0.4) is 0 Å². The molecule has 1 saturated carbocycles. The second-order valence-electron chi connectivity index (χ2n) is 10.5. The van der Waals surface area contributed by atoms with Gasteiger partial charge in [-0.2, -0.15) is 0 Å². The predicted octanol–water partition coefficient (Wildman–Crippen LogP) is 5.71. The fraction of sp³-hybridized carbons (Fsp3) is 0.345. The lowest BCUT2D eigenvalue weighted by molar-refractivity contribution is -0.106. The van der Waals surface area contributed by atoms with E-state index in [4.69, 9.17) is 11.6 Å². The largest absolute Gasteiger partial charge is 0.505 e. The molecule has 1 N–H and O–H groups in total. The minimum Gasteiger partial charge on any atom is -0.505 e. The number of anilines is 2. The zero-order chi connectivity index (χ0) is 26.3. The summed E-state index contributed by atoms with van der Waals surface area (Å²) in [6, 6.07) is 11.1. The molecule has 7 nitrogen and oxygen atoms in total. The van der Waals surface area contributed by atoms with Crippen LogP contribution in [0, 0.1) is 18.3 Å². The standard InChI is InChI=1S/C29H32ClN5O2/c1-19-16-35(17-29(19)8-9-29)26-15-22(7-10-31-26)27-28(37)23(13-20(2)32-27)21-5-6-25(24(30)14-21)34(18-36)12-11-33(3)4/h5-7,10-15,18-19,37H,8-9,16-17H2,1-4H3/b12-11-. The highest BCUT2D eigenvalue weighted by atomic mass is 35.5. The number of hydrogen-bond acceptors (Lipinski definition) is 6. The normalized spacial score (nSPS) is 18.0. The molecule has 1 spiro atoms. The molecule has 0 bridgehead atoms. The summed E-state index contributed by atoms with van der Waals surface area (Å²) in [6.45, 7) is 6.28. The molecule has 5 rings (SSSR count). The maximum atomic E-state index is 11.6. The Kier molecular flexibility index (Phi) is 6.58. The van der Waals surface area contributed by atoms with Gasteiger partial charge in [0.15, 0.2) is 0 Å². The number of hydrogen-bond donors (Lipinski definition) is 1. The first kappa shape index (κ1) is 25.1. The number of pyridine rings is 2. The Bertz CT molecular complexity index is 1370. The number of nitrogens with zero attached hydrogens (tertiary/aromatic N) is 5. The molecule has 37 heavy (non-hydrogen) atoms. The highest BCUT2D eigenvalue weighted by molar-refractivity contribution is 6.34. The molecular weight excluding hydrogens is 486 g/mol. The molecule has 1 amide bonds. The molecule has 1 aromatic carbocycles. The van der Waals surface area contributed by atoms with Crippen molar-refractivity contribution < 1.29 is 9.90 Å². The molecule has 1 saturated heterocycles. The Morgan fingerprint density at radius 1 is 1.14 bits per heavy atom. The van der Waals surface area contributed by atoms with Gasteiger partial charge in [-0.25, -0.2) is 9.97 Å². The van der Waals surface area contributed by atoms with Crippen LogP contribution in [-0.2, 0) is 4.79 Å². The van der Waals surface area contributed by atoms with E-state index >= 15 is 0 Å². The van der Waals surface area contributed by atoms with Crippen LogP contribution < -0.4 is 9.80 Å². The van der Waals surface area contributed by atoms with Crippen LogP contribution in [0.2, 0.25) is 5.02 Å². The van der Waals surface area contributed by atoms with Crippen molar-refractivity contribution in [2.45, 2.75) is 26.7 Å². The van der Waals surface area contributed by atoms with Crippen LogP contribution in [0.1, 0.15) is 25.5 Å². The number of halogens is 1. The lowest BCUT2D eigenvalue weighted by Gasteiger charge is -2.19. The van der Waals surface area contributed by atoms with Crippen LogP contribution in [0.25, 0.3) is 22.4 Å². The summed E-state index contributed by atoms with van der Waals surface area (Å²) in [6.07, 6.45) is 8.50. The second-order valence-corrected chi connectivity index (χ2v) is 10.9. The van der Waals surface area contributed by atoms with Gasteiger partial charge >= 0.3 is 0 Å². The molecule has 1 aliphatic heterocycles. The molecule has 1 unspecified atom stereocenters. The Morgan fingerprint density at radius 2 is 1.92 bits per heavy atom. The van der Waals surface area contributed by atoms with E-state index in [1.807, 2.05) is 50.2 Å². The molecule has 0 radical (unpaired) electrons. The van der Waals surface area contributed by atoms with Crippen LogP contribution in [0.15, 0.2) is 55.0 Å². The van der Waals surface area contributed by atoms with Gasteiger partial charge in [0.25, 0.3) is 0 Å². The highest BCUT2D eigenvalue weighted by Crippen LogP contribution is 2.56. The quantitative estimate of drug-likeness (QED) is 0.405. The van der Waals surface area contributed by atoms with Crippen molar-refractivity contribution >= 4 is 29.5 Å². The van der Waals surface area contributed by atoms with Gasteiger partial charge in [-0.3, -0.25) is 9.69 Å². The number of aromatic nitrogens is 2. The number of amides is 1. The minimum atomic E-state index is 0.0831. The molecule has 3 heterocycles. The van der Waals surface area contributed by atoms with Crippen LogP contribution in [0.5, 0.6) is 5.75 Å². The van der Waals surface area contributed by atoms with Crippen molar-refractivity contribution in [3.05, 3.63) is 65.7 Å². The lowest BCUT2D eigenvalue weighted by atomic mass is 9.95. The fourth-order valence-electron chi connectivity index (χ4n) is 5.20. The zero-order valence-corrected chi connectivity index (χ0v) is 22.4. The third kappa shape index (κ3) is 4.88. The predicted molar refractivity (Wildman–Crippen MR) is 149 cm³/mol. The maximum absolute atomic E-state index is 11.6. The number of carbonyl (C=O) groups is 1. The Labute approximate surface area is 223 Å². The molecule has 2 aliphatic rings. The third-order valence-corrected chi connectivity index (χ3v) is 7.88. The fourth-order valence-corrected chi connectivity index (χ4v) is 5.48. The zero-order valence-electron chi connectivity index (χ0n) is 21.6. The average molecular weight is 518 g/mol. The van der Waals surface area contributed by atoms with Gasteiger partial charge < -0.3 is 14.9 Å². The minimum absolute atomic E-state index is 0.0831. The highest BCUT2D eigenvalue weighted by Gasteiger charge is 2.53. The van der Waals surface area contributed by atoms with E-state index in [-0.39, 0.29) is 5.75 Å². The van der Waals surface area contributed by atoms with Crippen molar-refractivity contribution in [3.63, 3.8) is 0 Å². The van der Waals surface area contributed by atoms with Gasteiger partial charge in [-0.1, -0.05) is 24.6 Å². The molecule has 3 aromatic rings. The van der Waals surface area contributed by atoms with Crippen molar-refractivity contribution in [2.24, 2.45) is 11.3 Å². The van der Waals surface area contributed by atoms with Crippen LogP contribution in [-0.4, -0.2) is 53.6 Å². The molecule has 1 aliphatic carbocycles. The Morgan fingerprint density at radius 3 is 2.57 bits per heavy atom. The second kappa shape index (κ2) is 9.71. The lowest BCUT2D eigenvalue weighted by Crippen LogP contribution is -2.21. The summed E-state index contributed by atoms with van der Waals surface area (Å²) in [4.78, 5) is 26.6. The van der Waals surface area contributed by atoms with Gasteiger partial charge in [0.05, 0.1) is 10.7 Å². The van der Waals surface area contributed by atoms with E-state index in [0.29, 0.717) is 39.7 Å². The summed E-state index contributed by atoms with van der Waals surface area (Å²) in [7, 11) is 3.74. The first-order valence-electron chi connectivity index (χ1n) is 12.5. The summed E-state index contributed by atoms with van der Waals surface area (Å²) < 4.78 is 0.